The maximum Gasteiger partial charge on any atom is 0.379 e. The summed E-state index contributed by atoms with van der Waals surface area (Å²) in [4.78, 5) is 34.9. The molecule has 0 bridgehead atoms. The molecule has 0 aliphatic heterocycles. The van der Waals surface area contributed by atoms with E-state index in [1.165, 1.54) is 0 Å². The summed E-state index contributed by atoms with van der Waals surface area (Å²) in [5, 5.41) is 0. The number of carbonyl (C=O) groups is 3. The third-order valence-corrected chi connectivity index (χ3v) is 3.77. The second-order valence-corrected chi connectivity index (χ2v) is 5.60. The van der Waals surface area contributed by atoms with Gasteiger partial charge in [-0.3, -0.25) is 9.59 Å². The lowest BCUT2D eigenvalue weighted by atomic mass is 10.0. The molecule has 2 rings (SSSR count). The second-order valence-electron chi connectivity index (χ2n) is 5.60. The quantitative estimate of drug-likeness (QED) is 0.417. The molecule has 0 amide bonds. The van der Waals surface area contributed by atoms with Crippen molar-refractivity contribution in [2.45, 2.75) is 39.7 Å². The van der Waals surface area contributed by atoms with Crippen molar-refractivity contribution >= 4 is 17.7 Å². The van der Waals surface area contributed by atoms with Crippen molar-refractivity contribution in [3.8, 4) is 0 Å². The van der Waals surface area contributed by atoms with Crippen LogP contribution in [0.1, 0.15) is 43.5 Å². The van der Waals surface area contributed by atoms with Crippen LogP contribution >= 0.6 is 0 Å². The van der Waals surface area contributed by atoms with Gasteiger partial charge in [0.1, 0.15) is 0 Å². The molecule has 0 N–H and O–H groups in total. The fraction of sp³-hybridized carbons (Fsp3) is 0.562. The van der Waals surface area contributed by atoms with Crippen molar-refractivity contribution in [2.75, 3.05) is 13.2 Å². The molecule has 0 radical (unpaired) electrons. The first-order valence-electron chi connectivity index (χ1n) is 7.52. The number of hydrogen-bond acceptors (Lipinski definition) is 5. The van der Waals surface area contributed by atoms with Crippen LogP contribution in [0.3, 0.4) is 0 Å². The summed E-state index contributed by atoms with van der Waals surface area (Å²) in [5.41, 5.74) is 0.237. The largest absolute Gasteiger partial charge is 0.466 e. The Bertz CT molecular complexity index is 571. The Morgan fingerprint density at radius 2 is 1.86 bits per heavy atom. The molecule has 1 aromatic rings. The molecule has 6 heteroatoms. The average Bonchev–Trinajstić information content (AvgIpc) is 3.05. The predicted molar refractivity (Wildman–Crippen MR) is 78.3 cm³/mol. The number of Topliss-reactive ketones (excluding diaryl/α,β-unsaturated/α-hetero) is 1. The van der Waals surface area contributed by atoms with Crippen molar-refractivity contribution in [3.63, 3.8) is 0 Å². The lowest BCUT2D eigenvalue weighted by Gasteiger charge is -2.14. The molecule has 1 heterocycles. The van der Waals surface area contributed by atoms with Gasteiger partial charge in [-0.05, 0) is 38.2 Å². The molecule has 0 saturated heterocycles. The molecule has 0 spiro atoms. The van der Waals surface area contributed by atoms with Crippen LogP contribution in [0.2, 0.25) is 0 Å². The summed E-state index contributed by atoms with van der Waals surface area (Å²) in [7, 11) is 0. The maximum absolute atomic E-state index is 11.8. The highest BCUT2D eigenvalue weighted by Crippen LogP contribution is 2.50. The summed E-state index contributed by atoms with van der Waals surface area (Å²) >= 11 is 0. The van der Waals surface area contributed by atoms with Crippen molar-refractivity contribution < 1.29 is 23.9 Å². The van der Waals surface area contributed by atoms with Gasteiger partial charge < -0.3 is 14.0 Å². The van der Waals surface area contributed by atoms with Crippen LogP contribution in [0.4, 0.5) is 0 Å². The van der Waals surface area contributed by atoms with Gasteiger partial charge in [0.05, 0.1) is 19.6 Å². The van der Waals surface area contributed by atoms with Gasteiger partial charge in [0.15, 0.2) is 0 Å². The van der Waals surface area contributed by atoms with Crippen LogP contribution in [0.25, 0.3) is 0 Å². The molecule has 1 aliphatic carbocycles. The third kappa shape index (κ3) is 3.96. The number of carbonyl (C=O) groups excluding carboxylic acids is 3. The van der Waals surface area contributed by atoms with Crippen LogP contribution < -0.4 is 0 Å². The minimum Gasteiger partial charge on any atom is -0.466 e. The molecule has 1 aliphatic rings. The van der Waals surface area contributed by atoms with Crippen LogP contribution in [0, 0.1) is 5.41 Å². The number of ketones is 1. The minimum atomic E-state index is -0.840. The van der Waals surface area contributed by atoms with E-state index in [1.807, 2.05) is 4.57 Å². The van der Waals surface area contributed by atoms with Gasteiger partial charge in [-0.2, -0.15) is 0 Å². The number of rotatable bonds is 8. The van der Waals surface area contributed by atoms with E-state index in [-0.39, 0.29) is 18.0 Å². The minimum absolute atomic E-state index is 0.0739. The molecular formula is C16H21NO5. The van der Waals surface area contributed by atoms with Gasteiger partial charge in [0.2, 0.25) is 0 Å². The Kier molecular flexibility index (Phi) is 5.00. The fourth-order valence-electron chi connectivity index (χ4n) is 2.46. The zero-order chi connectivity index (χ0) is 16.2. The summed E-state index contributed by atoms with van der Waals surface area (Å²) in [5.74, 6) is -1.67. The summed E-state index contributed by atoms with van der Waals surface area (Å²) in [6.07, 6.45) is 5.69. The van der Waals surface area contributed by atoms with Crippen molar-refractivity contribution in [3.05, 3.63) is 24.0 Å². The van der Waals surface area contributed by atoms with Gasteiger partial charge in [-0.15, -0.1) is 0 Å². The molecule has 6 nitrogen and oxygen atoms in total. The highest BCUT2D eigenvalue weighted by Gasteiger charge is 2.45. The fourth-order valence-corrected chi connectivity index (χ4v) is 2.46. The lowest BCUT2D eigenvalue weighted by Crippen LogP contribution is -2.18. The SMILES string of the molecule is CCOC(=O)CC1(Cn2ccc(C(=O)C(=O)OCC)c2)CC1. The molecule has 0 atom stereocenters. The van der Waals surface area contributed by atoms with Gasteiger partial charge in [-0.25, -0.2) is 4.79 Å². The predicted octanol–water partition coefficient (Wildman–Crippen LogP) is 1.97. The van der Waals surface area contributed by atoms with Gasteiger partial charge in [0.25, 0.3) is 5.78 Å². The van der Waals surface area contributed by atoms with Crippen molar-refractivity contribution in [2.24, 2.45) is 5.41 Å². The zero-order valence-electron chi connectivity index (χ0n) is 13.0. The second kappa shape index (κ2) is 6.77. The van der Waals surface area contributed by atoms with Crippen LogP contribution in [0.5, 0.6) is 0 Å². The van der Waals surface area contributed by atoms with E-state index in [1.54, 1.807) is 32.3 Å². The van der Waals surface area contributed by atoms with Crippen LogP contribution in [0.15, 0.2) is 18.5 Å². The molecule has 1 fully saturated rings. The number of aromatic nitrogens is 1. The van der Waals surface area contributed by atoms with Crippen molar-refractivity contribution in [1.82, 2.24) is 4.57 Å². The van der Waals surface area contributed by atoms with E-state index in [0.717, 1.165) is 12.8 Å². The van der Waals surface area contributed by atoms with E-state index in [2.05, 4.69) is 0 Å². The van der Waals surface area contributed by atoms with E-state index in [4.69, 9.17) is 9.47 Å². The number of nitrogens with zero attached hydrogens (tertiary/aromatic N) is 1. The Hall–Kier alpha value is -2.11. The standard InChI is InChI=1S/C16H21NO5/c1-3-21-13(18)9-16(6-7-16)11-17-8-5-12(10-17)14(19)15(20)22-4-2/h5,8,10H,3-4,6-7,9,11H2,1-2H3. The molecule has 22 heavy (non-hydrogen) atoms. The molecule has 0 unspecified atom stereocenters. The van der Waals surface area contributed by atoms with Gasteiger partial charge >= 0.3 is 11.9 Å². The highest BCUT2D eigenvalue weighted by molar-refractivity contribution is 6.40. The number of esters is 2. The zero-order valence-corrected chi connectivity index (χ0v) is 13.0. The Balaban J connectivity index is 1.96. The summed E-state index contributed by atoms with van der Waals surface area (Å²) in [6.45, 7) is 4.64. The Labute approximate surface area is 129 Å². The number of ether oxygens (including phenoxy) is 2. The molecule has 1 saturated carbocycles. The average molecular weight is 307 g/mol. The molecule has 120 valence electrons. The molecule has 1 aromatic heterocycles. The Morgan fingerprint density at radius 1 is 1.18 bits per heavy atom. The maximum atomic E-state index is 11.8. The van der Waals surface area contributed by atoms with Crippen LogP contribution in [-0.4, -0.2) is 35.5 Å². The number of hydrogen-bond donors (Lipinski definition) is 0. The first-order valence-corrected chi connectivity index (χ1v) is 7.52. The monoisotopic (exact) mass is 307 g/mol. The molecular weight excluding hydrogens is 286 g/mol. The Morgan fingerprint density at radius 3 is 2.45 bits per heavy atom. The lowest BCUT2D eigenvalue weighted by molar-refractivity contribution is -0.144. The smallest absolute Gasteiger partial charge is 0.379 e. The van der Waals surface area contributed by atoms with E-state index in [0.29, 0.717) is 25.1 Å². The van der Waals surface area contributed by atoms with E-state index in [9.17, 15) is 14.4 Å². The normalized spacial score (nSPS) is 15.2. The summed E-state index contributed by atoms with van der Waals surface area (Å²) < 4.78 is 11.5. The van der Waals surface area contributed by atoms with E-state index >= 15 is 0 Å². The molecule has 0 aromatic carbocycles. The van der Waals surface area contributed by atoms with Crippen molar-refractivity contribution in [1.29, 1.82) is 0 Å². The highest BCUT2D eigenvalue weighted by atomic mass is 16.5. The topological polar surface area (TPSA) is 74.6 Å². The first-order chi connectivity index (χ1) is 10.5. The van der Waals surface area contributed by atoms with Gasteiger partial charge in [0, 0.05) is 24.5 Å². The third-order valence-electron chi connectivity index (χ3n) is 3.77. The van der Waals surface area contributed by atoms with Gasteiger partial charge in [-0.1, -0.05) is 0 Å². The summed E-state index contributed by atoms with van der Waals surface area (Å²) in [6, 6.07) is 1.60. The first kappa shape index (κ1) is 16.3. The van der Waals surface area contributed by atoms with E-state index < -0.39 is 11.8 Å². The van der Waals surface area contributed by atoms with Crippen LogP contribution in [-0.2, 0) is 25.6 Å².